The fourth-order valence-corrected chi connectivity index (χ4v) is 1.99. The Morgan fingerprint density at radius 3 is 2.48 bits per heavy atom. The molecule has 1 aromatic carbocycles. The summed E-state index contributed by atoms with van der Waals surface area (Å²) >= 11 is 0. The number of furan rings is 1. The molecule has 0 spiro atoms. The Balaban J connectivity index is 1.90. The summed E-state index contributed by atoms with van der Waals surface area (Å²) in [5, 5.41) is 13.9. The van der Waals surface area contributed by atoms with Crippen molar-refractivity contribution in [3.05, 3.63) is 59.0 Å². The van der Waals surface area contributed by atoms with Gasteiger partial charge >= 0.3 is 5.97 Å². The third-order valence-corrected chi connectivity index (χ3v) is 3.16. The molecule has 0 radical (unpaired) electrons. The lowest BCUT2D eigenvalue weighted by atomic mass is 10.1. The third-order valence-electron chi connectivity index (χ3n) is 3.16. The second-order valence-corrected chi connectivity index (χ2v) is 4.75. The second kappa shape index (κ2) is 7.26. The van der Waals surface area contributed by atoms with E-state index in [0.717, 1.165) is 5.56 Å². The number of benzene rings is 1. The van der Waals surface area contributed by atoms with Gasteiger partial charge in [-0.15, -0.1) is 0 Å². The smallest absolute Gasteiger partial charge is 0.371 e. The topological polar surface area (TPSA) is 109 Å². The number of carboxylic acids is 1. The lowest BCUT2D eigenvalue weighted by Gasteiger charge is -2.05. The molecule has 7 nitrogen and oxygen atoms in total. The molecule has 0 atom stereocenters. The molecule has 0 saturated heterocycles. The minimum atomic E-state index is -1.23. The van der Waals surface area contributed by atoms with Gasteiger partial charge in [0.1, 0.15) is 0 Å². The fourth-order valence-electron chi connectivity index (χ4n) is 1.99. The minimum Gasteiger partial charge on any atom is -0.475 e. The number of nitrogens with one attached hydrogen (secondary N) is 2. The molecule has 2 rings (SSSR count). The van der Waals surface area contributed by atoms with Crippen molar-refractivity contribution in [1.82, 2.24) is 10.6 Å². The predicted octanol–water partition coefficient (Wildman–Crippen LogP) is 1.31. The zero-order valence-electron chi connectivity index (χ0n) is 12.5. The number of hydrogen-bond acceptors (Lipinski definition) is 4. The standard InChI is InChI=1S/C16H16N2O5/c1-17-14(19)11-4-2-3-10(9-11)7-8-18-15(20)12-5-6-13(23-12)16(21)22/h2-6,9H,7-8H2,1H3,(H,17,19)(H,18,20)(H,21,22). The van der Waals surface area contributed by atoms with E-state index in [1.54, 1.807) is 25.2 Å². The van der Waals surface area contributed by atoms with Crippen LogP contribution in [-0.4, -0.2) is 36.5 Å². The molecular weight excluding hydrogens is 300 g/mol. The fraction of sp³-hybridized carbons (Fsp3) is 0.188. The molecule has 2 aromatic rings. The number of rotatable bonds is 6. The van der Waals surface area contributed by atoms with Gasteiger partial charge in [0.25, 0.3) is 11.8 Å². The zero-order chi connectivity index (χ0) is 16.8. The Bertz CT molecular complexity index is 736. The SMILES string of the molecule is CNC(=O)c1cccc(CCNC(=O)c2ccc(C(=O)O)o2)c1. The van der Waals surface area contributed by atoms with Gasteiger partial charge in [0, 0.05) is 19.2 Å². The van der Waals surface area contributed by atoms with Gasteiger partial charge in [-0.3, -0.25) is 9.59 Å². The van der Waals surface area contributed by atoms with Crippen LogP contribution < -0.4 is 10.6 Å². The molecule has 0 fully saturated rings. The molecule has 3 N–H and O–H groups in total. The van der Waals surface area contributed by atoms with Crippen LogP contribution in [0.15, 0.2) is 40.8 Å². The molecule has 1 heterocycles. The molecule has 0 bridgehead atoms. The average molecular weight is 316 g/mol. The summed E-state index contributed by atoms with van der Waals surface area (Å²) in [5.41, 5.74) is 1.45. The summed E-state index contributed by atoms with van der Waals surface area (Å²) in [6.07, 6.45) is 0.531. The molecule has 23 heavy (non-hydrogen) atoms. The molecule has 0 aliphatic rings. The number of amides is 2. The number of hydrogen-bond donors (Lipinski definition) is 3. The summed E-state index contributed by atoms with van der Waals surface area (Å²) in [4.78, 5) is 34.1. The highest BCUT2D eigenvalue weighted by Crippen LogP contribution is 2.08. The van der Waals surface area contributed by atoms with Crippen LogP contribution in [0.25, 0.3) is 0 Å². The van der Waals surface area contributed by atoms with Gasteiger partial charge in [-0.05, 0) is 36.2 Å². The molecule has 7 heteroatoms. The van der Waals surface area contributed by atoms with E-state index >= 15 is 0 Å². The minimum absolute atomic E-state index is 0.0542. The van der Waals surface area contributed by atoms with Crippen LogP contribution in [0.5, 0.6) is 0 Å². The summed E-state index contributed by atoms with van der Waals surface area (Å²) in [7, 11) is 1.56. The van der Waals surface area contributed by atoms with E-state index in [4.69, 9.17) is 9.52 Å². The largest absolute Gasteiger partial charge is 0.475 e. The van der Waals surface area contributed by atoms with Gasteiger partial charge in [-0.1, -0.05) is 12.1 Å². The van der Waals surface area contributed by atoms with Gasteiger partial charge in [-0.25, -0.2) is 4.79 Å². The van der Waals surface area contributed by atoms with Crippen molar-refractivity contribution in [2.24, 2.45) is 0 Å². The van der Waals surface area contributed by atoms with Crippen molar-refractivity contribution in [1.29, 1.82) is 0 Å². The molecule has 0 aliphatic heterocycles. The van der Waals surface area contributed by atoms with Gasteiger partial charge in [0.05, 0.1) is 0 Å². The second-order valence-electron chi connectivity index (χ2n) is 4.75. The van der Waals surface area contributed by atoms with Crippen LogP contribution in [0.4, 0.5) is 0 Å². The Hall–Kier alpha value is -3.09. The van der Waals surface area contributed by atoms with Crippen molar-refractivity contribution in [2.45, 2.75) is 6.42 Å². The Labute approximate surface area is 132 Å². The van der Waals surface area contributed by atoms with Crippen LogP contribution in [-0.2, 0) is 6.42 Å². The maximum Gasteiger partial charge on any atom is 0.371 e. The Kier molecular flexibility index (Phi) is 5.14. The molecule has 0 saturated carbocycles. The molecule has 0 aliphatic carbocycles. The average Bonchev–Trinajstić information content (AvgIpc) is 3.04. The molecule has 1 aromatic heterocycles. The van der Waals surface area contributed by atoms with Gasteiger partial charge in [0.2, 0.25) is 5.76 Å². The first-order chi connectivity index (χ1) is 11.0. The highest BCUT2D eigenvalue weighted by Gasteiger charge is 2.14. The molecular formula is C16H16N2O5. The van der Waals surface area contributed by atoms with Crippen molar-refractivity contribution in [3.63, 3.8) is 0 Å². The first-order valence-electron chi connectivity index (χ1n) is 6.93. The lowest BCUT2D eigenvalue weighted by Crippen LogP contribution is -2.25. The first-order valence-corrected chi connectivity index (χ1v) is 6.93. The van der Waals surface area contributed by atoms with Gasteiger partial charge in [-0.2, -0.15) is 0 Å². The van der Waals surface area contributed by atoms with Crippen LogP contribution in [0.2, 0.25) is 0 Å². The number of carboxylic acid groups (broad SMARTS) is 1. The van der Waals surface area contributed by atoms with Crippen molar-refractivity contribution < 1.29 is 23.9 Å². The molecule has 2 amide bonds. The number of carbonyl (C=O) groups excluding carboxylic acids is 2. The van der Waals surface area contributed by atoms with Crippen LogP contribution in [0.1, 0.15) is 37.0 Å². The maximum absolute atomic E-state index is 11.8. The van der Waals surface area contributed by atoms with Crippen molar-refractivity contribution in [3.8, 4) is 0 Å². The maximum atomic E-state index is 11.8. The van der Waals surface area contributed by atoms with Crippen LogP contribution in [0, 0.1) is 0 Å². The summed E-state index contributed by atoms with van der Waals surface area (Å²) < 4.78 is 4.91. The zero-order valence-corrected chi connectivity index (χ0v) is 12.5. The van der Waals surface area contributed by atoms with Crippen LogP contribution in [0.3, 0.4) is 0 Å². The lowest BCUT2D eigenvalue weighted by molar-refractivity contribution is 0.0659. The summed E-state index contributed by atoms with van der Waals surface area (Å²) in [6, 6.07) is 9.62. The highest BCUT2D eigenvalue weighted by molar-refractivity contribution is 5.94. The van der Waals surface area contributed by atoms with Gasteiger partial charge < -0.3 is 20.2 Å². The molecule has 120 valence electrons. The van der Waals surface area contributed by atoms with Crippen molar-refractivity contribution >= 4 is 17.8 Å². The first kappa shape index (κ1) is 16.3. The van der Waals surface area contributed by atoms with E-state index in [2.05, 4.69) is 10.6 Å². The van der Waals surface area contributed by atoms with E-state index < -0.39 is 11.9 Å². The van der Waals surface area contributed by atoms with E-state index in [0.29, 0.717) is 18.5 Å². The normalized spacial score (nSPS) is 10.1. The van der Waals surface area contributed by atoms with E-state index in [-0.39, 0.29) is 17.4 Å². The predicted molar refractivity (Wildman–Crippen MR) is 81.5 cm³/mol. The number of aromatic carboxylic acids is 1. The molecule has 0 unspecified atom stereocenters. The van der Waals surface area contributed by atoms with E-state index in [9.17, 15) is 14.4 Å². The van der Waals surface area contributed by atoms with Crippen molar-refractivity contribution in [2.75, 3.05) is 13.6 Å². The van der Waals surface area contributed by atoms with E-state index in [1.165, 1.54) is 12.1 Å². The van der Waals surface area contributed by atoms with Gasteiger partial charge in [0.15, 0.2) is 5.76 Å². The van der Waals surface area contributed by atoms with E-state index in [1.807, 2.05) is 6.07 Å². The third kappa shape index (κ3) is 4.19. The monoisotopic (exact) mass is 316 g/mol. The van der Waals surface area contributed by atoms with Crippen LogP contribution >= 0.6 is 0 Å². The highest BCUT2D eigenvalue weighted by atomic mass is 16.4. The number of carbonyl (C=O) groups is 3. The Morgan fingerprint density at radius 2 is 1.83 bits per heavy atom. The summed E-state index contributed by atoms with van der Waals surface area (Å²) in [5.74, 6) is -2.22. The summed E-state index contributed by atoms with van der Waals surface area (Å²) in [6.45, 7) is 0.332. The Morgan fingerprint density at radius 1 is 1.09 bits per heavy atom. The quantitative estimate of drug-likeness (QED) is 0.744.